The van der Waals surface area contributed by atoms with Gasteiger partial charge in [0.15, 0.2) is 5.96 Å². The van der Waals surface area contributed by atoms with E-state index in [2.05, 4.69) is 41.6 Å². The Balaban J connectivity index is 0.00000364. The molecule has 0 spiro atoms. The SMILES string of the molecule is CCNC(=NCC(O)c1cccc(OC)c1)NC(C)c1ccccc1C.I. The van der Waals surface area contributed by atoms with Gasteiger partial charge >= 0.3 is 0 Å². The van der Waals surface area contributed by atoms with E-state index in [9.17, 15) is 5.11 Å². The van der Waals surface area contributed by atoms with Crippen LogP contribution in [0.25, 0.3) is 0 Å². The Hall–Kier alpha value is -1.80. The second-order valence-corrected chi connectivity index (χ2v) is 6.23. The lowest BCUT2D eigenvalue weighted by Crippen LogP contribution is -2.39. The Bertz CT molecular complexity index is 737. The number of guanidine groups is 1. The predicted molar refractivity (Wildman–Crippen MR) is 122 cm³/mol. The van der Waals surface area contributed by atoms with E-state index in [4.69, 9.17) is 4.74 Å². The summed E-state index contributed by atoms with van der Waals surface area (Å²) in [6.07, 6.45) is -0.686. The minimum absolute atomic E-state index is 0. The number of rotatable bonds is 7. The third-order valence-electron chi connectivity index (χ3n) is 4.25. The molecule has 0 saturated carbocycles. The quantitative estimate of drug-likeness (QED) is 0.317. The van der Waals surface area contributed by atoms with Crippen molar-refractivity contribution >= 4 is 29.9 Å². The Labute approximate surface area is 179 Å². The first-order valence-corrected chi connectivity index (χ1v) is 8.97. The van der Waals surface area contributed by atoms with Crippen LogP contribution >= 0.6 is 24.0 Å². The minimum Gasteiger partial charge on any atom is -0.497 e. The molecule has 2 aromatic carbocycles. The maximum atomic E-state index is 10.4. The molecule has 2 unspecified atom stereocenters. The van der Waals surface area contributed by atoms with Gasteiger partial charge in [0.2, 0.25) is 0 Å². The Morgan fingerprint density at radius 1 is 1.19 bits per heavy atom. The van der Waals surface area contributed by atoms with Crippen LogP contribution in [-0.4, -0.2) is 31.3 Å². The van der Waals surface area contributed by atoms with Crippen LogP contribution in [0.5, 0.6) is 5.75 Å². The van der Waals surface area contributed by atoms with Crippen LogP contribution in [0.1, 0.15) is 42.7 Å². The van der Waals surface area contributed by atoms with E-state index < -0.39 is 6.10 Å². The van der Waals surface area contributed by atoms with Crippen molar-refractivity contribution < 1.29 is 9.84 Å². The average Bonchev–Trinajstić information content (AvgIpc) is 2.66. The fourth-order valence-corrected chi connectivity index (χ4v) is 2.81. The Morgan fingerprint density at radius 2 is 1.93 bits per heavy atom. The summed E-state index contributed by atoms with van der Waals surface area (Å²) in [5.74, 6) is 1.41. The molecule has 2 rings (SSSR count). The second kappa shape index (κ2) is 11.8. The second-order valence-electron chi connectivity index (χ2n) is 6.23. The molecule has 0 aromatic heterocycles. The smallest absolute Gasteiger partial charge is 0.191 e. The topological polar surface area (TPSA) is 65.9 Å². The third kappa shape index (κ3) is 7.03. The number of benzene rings is 2. The third-order valence-corrected chi connectivity index (χ3v) is 4.25. The number of ether oxygens (including phenoxy) is 1. The molecule has 148 valence electrons. The maximum absolute atomic E-state index is 10.4. The number of halogens is 1. The normalized spacial score (nSPS) is 13.3. The van der Waals surface area contributed by atoms with Crippen molar-refractivity contribution in [2.24, 2.45) is 4.99 Å². The summed E-state index contributed by atoms with van der Waals surface area (Å²) in [7, 11) is 1.61. The zero-order chi connectivity index (χ0) is 18.9. The van der Waals surface area contributed by atoms with Crippen molar-refractivity contribution in [3.8, 4) is 5.75 Å². The molecule has 2 atom stereocenters. The average molecular weight is 483 g/mol. The number of aliphatic hydroxyl groups excluding tert-OH is 1. The van der Waals surface area contributed by atoms with Crippen molar-refractivity contribution in [3.05, 3.63) is 65.2 Å². The highest BCUT2D eigenvalue weighted by atomic mass is 127. The summed E-state index contributed by atoms with van der Waals surface area (Å²) in [6, 6.07) is 15.8. The number of aryl methyl sites for hydroxylation is 1. The number of nitrogens with one attached hydrogen (secondary N) is 2. The summed E-state index contributed by atoms with van der Waals surface area (Å²) in [5, 5.41) is 17.1. The van der Waals surface area contributed by atoms with Gasteiger partial charge in [-0.15, -0.1) is 24.0 Å². The van der Waals surface area contributed by atoms with Gasteiger partial charge in [-0.25, -0.2) is 0 Å². The molecule has 0 fully saturated rings. The number of methoxy groups -OCH3 is 1. The number of aliphatic imine (C=N–C) groups is 1. The van der Waals surface area contributed by atoms with Crippen molar-refractivity contribution in [2.75, 3.05) is 20.2 Å². The number of aliphatic hydroxyl groups is 1. The summed E-state index contributed by atoms with van der Waals surface area (Å²) >= 11 is 0. The van der Waals surface area contributed by atoms with Crippen molar-refractivity contribution in [2.45, 2.75) is 32.9 Å². The molecule has 27 heavy (non-hydrogen) atoms. The molecule has 6 heteroatoms. The van der Waals surface area contributed by atoms with E-state index in [-0.39, 0.29) is 36.6 Å². The molecular weight excluding hydrogens is 453 g/mol. The van der Waals surface area contributed by atoms with Crippen LogP contribution in [0, 0.1) is 6.92 Å². The standard InChI is InChI=1S/C21H29N3O2.HI/c1-5-22-21(24-16(3)19-12-7-6-9-15(19)2)23-14-20(25)17-10-8-11-18(13-17)26-4;/h6-13,16,20,25H,5,14H2,1-4H3,(H2,22,23,24);1H. The van der Waals surface area contributed by atoms with E-state index in [0.29, 0.717) is 5.96 Å². The fourth-order valence-electron chi connectivity index (χ4n) is 2.81. The number of hydrogen-bond donors (Lipinski definition) is 3. The Kier molecular flexibility index (Phi) is 10.2. The maximum Gasteiger partial charge on any atom is 0.191 e. The largest absolute Gasteiger partial charge is 0.497 e. The van der Waals surface area contributed by atoms with Gasteiger partial charge in [0, 0.05) is 6.54 Å². The highest BCUT2D eigenvalue weighted by Gasteiger charge is 2.12. The lowest BCUT2D eigenvalue weighted by molar-refractivity contribution is 0.186. The van der Waals surface area contributed by atoms with Crippen LogP contribution in [0.15, 0.2) is 53.5 Å². The van der Waals surface area contributed by atoms with Crippen molar-refractivity contribution in [3.63, 3.8) is 0 Å². The summed E-state index contributed by atoms with van der Waals surface area (Å²) in [5.41, 5.74) is 3.25. The molecule has 0 radical (unpaired) electrons. The predicted octanol–water partition coefficient (Wildman–Crippen LogP) is 3.97. The molecule has 0 amide bonds. The zero-order valence-corrected chi connectivity index (χ0v) is 18.7. The van der Waals surface area contributed by atoms with Crippen LogP contribution in [0.2, 0.25) is 0 Å². The van der Waals surface area contributed by atoms with Gasteiger partial charge in [0.1, 0.15) is 5.75 Å². The van der Waals surface area contributed by atoms with E-state index in [1.807, 2.05) is 43.3 Å². The highest BCUT2D eigenvalue weighted by Crippen LogP contribution is 2.19. The first-order chi connectivity index (χ1) is 12.5. The van der Waals surface area contributed by atoms with E-state index in [0.717, 1.165) is 17.9 Å². The van der Waals surface area contributed by atoms with E-state index in [1.165, 1.54) is 11.1 Å². The Morgan fingerprint density at radius 3 is 2.59 bits per heavy atom. The van der Waals surface area contributed by atoms with Gasteiger partial charge in [0.25, 0.3) is 0 Å². The molecule has 0 saturated heterocycles. The lowest BCUT2D eigenvalue weighted by atomic mass is 10.0. The summed E-state index contributed by atoms with van der Waals surface area (Å²) < 4.78 is 5.21. The molecule has 0 bridgehead atoms. The van der Waals surface area contributed by atoms with E-state index in [1.54, 1.807) is 7.11 Å². The number of nitrogens with zero attached hydrogens (tertiary/aromatic N) is 1. The monoisotopic (exact) mass is 483 g/mol. The molecular formula is C21H30IN3O2. The summed E-state index contributed by atoms with van der Waals surface area (Å²) in [4.78, 5) is 4.54. The zero-order valence-electron chi connectivity index (χ0n) is 16.4. The van der Waals surface area contributed by atoms with Crippen LogP contribution in [-0.2, 0) is 0 Å². The van der Waals surface area contributed by atoms with Crippen LogP contribution in [0.3, 0.4) is 0 Å². The van der Waals surface area contributed by atoms with Gasteiger partial charge in [-0.3, -0.25) is 4.99 Å². The molecule has 3 N–H and O–H groups in total. The van der Waals surface area contributed by atoms with Gasteiger partial charge in [-0.2, -0.15) is 0 Å². The molecule has 2 aromatic rings. The van der Waals surface area contributed by atoms with Crippen LogP contribution < -0.4 is 15.4 Å². The van der Waals surface area contributed by atoms with Gasteiger partial charge in [0.05, 0.1) is 25.8 Å². The van der Waals surface area contributed by atoms with Crippen molar-refractivity contribution in [1.82, 2.24) is 10.6 Å². The fraction of sp³-hybridized carbons (Fsp3) is 0.381. The molecule has 0 aliphatic heterocycles. The van der Waals surface area contributed by atoms with Gasteiger partial charge in [-0.05, 0) is 49.6 Å². The first kappa shape index (κ1) is 23.2. The van der Waals surface area contributed by atoms with Gasteiger partial charge in [-0.1, -0.05) is 36.4 Å². The molecule has 0 heterocycles. The van der Waals surface area contributed by atoms with E-state index >= 15 is 0 Å². The van der Waals surface area contributed by atoms with Crippen molar-refractivity contribution in [1.29, 1.82) is 0 Å². The minimum atomic E-state index is -0.686. The molecule has 0 aliphatic rings. The number of hydrogen-bond acceptors (Lipinski definition) is 3. The highest BCUT2D eigenvalue weighted by molar-refractivity contribution is 14.0. The molecule has 5 nitrogen and oxygen atoms in total. The lowest BCUT2D eigenvalue weighted by Gasteiger charge is -2.20. The van der Waals surface area contributed by atoms with Crippen LogP contribution in [0.4, 0.5) is 0 Å². The van der Waals surface area contributed by atoms with Gasteiger partial charge < -0.3 is 20.5 Å². The molecule has 0 aliphatic carbocycles. The first-order valence-electron chi connectivity index (χ1n) is 8.97. The summed E-state index contributed by atoms with van der Waals surface area (Å²) in [6.45, 7) is 7.25.